The summed E-state index contributed by atoms with van der Waals surface area (Å²) < 4.78 is 0. The highest BCUT2D eigenvalue weighted by atomic mass is 35.5. The Kier molecular flexibility index (Phi) is 5.25. The fourth-order valence-corrected chi connectivity index (χ4v) is 5.10. The van der Waals surface area contributed by atoms with Crippen LogP contribution in [0.15, 0.2) is 48.5 Å². The van der Waals surface area contributed by atoms with Gasteiger partial charge in [0.1, 0.15) is 0 Å². The summed E-state index contributed by atoms with van der Waals surface area (Å²) in [5.74, 6) is 0.695. The molecule has 30 heavy (non-hydrogen) atoms. The van der Waals surface area contributed by atoms with E-state index in [9.17, 15) is 9.59 Å². The number of para-hydroxylation sites is 1. The van der Waals surface area contributed by atoms with Crippen LogP contribution < -0.4 is 4.90 Å². The van der Waals surface area contributed by atoms with Crippen LogP contribution in [0.25, 0.3) is 0 Å². The van der Waals surface area contributed by atoms with E-state index in [1.165, 1.54) is 5.56 Å². The van der Waals surface area contributed by atoms with Crippen LogP contribution in [0.4, 0.5) is 5.69 Å². The largest absolute Gasteiger partial charge is 0.340 e. The van der Waals surface area contributed by atoms with Crippen LogP contribution in [0.1, 0.15) is 23.5 Å². The van der Waals surface area contributed by atoms with Gasteiger partial charge in [0.15, 0.2) is 0 Å². The third kappa shape index (κ3) is 3.72. The molecule has 5 nitrogen and oxygen atoms in total. The van der Waals surface area contributed by atoms with Gasteiger partial charge in [-0.25, -0.2) is 0 Å². The fourth-order valence-electron chi connectivity index (χ4n) is 4.82. The second-order valence-corrected chi connectivity index (χ2v) is 8.90. The Balaban J connectivity index is 1.13. The van der Waals surface area contributed by atoms with Crippen molar-refractivity contribution in [2.45, 2.75) is 18.8 Å². The number of anilines is 1. The van der Waals surface area contributed by atoms with Crippen LogP contribution in [0.5, 0.6) is 0 Å². The molecule has 2 aromatic carbocycles. The van der Waals surface area contributed by atoms with Gasteiger partial charge in [0.2, 0.25) is 11.8 Å². The van der Waals surface area contributed by atoms with Gasteiger partial charge in [-0.3, -0.25) is 14.5 Å². The molecule has 2 amide bonds. The van der Waals surface area contributed by atoms with Gasteiger partial charge >= 0.3 is 0 Å². The number of carbonyl (C=O) groups is 2. The number of nitrogens with zero attached hydrogens (tertiary/aromatic N) is 3. The van der Waals surface area contributed by atoms with Crippen molar-refractivity contribution < 1.29 is 9.59 Å². The predicted octanol–water partition coefficient (Wildman–Crippen LogP) is 3.18. The number of rotatable bonds is 4. The van der Waals surface area contributed by atoms with E-state index < -0.39 is 0 Å². The minimum absolute atomic E-state index is 0.0548. The second kappa shape index (κ2) is 8.05. The number of amides is 2. The number of fused-ring (bicyclic) bond motifs is 1. The van der Waals surface area contributed by atoms with E-state index in [1.807, 2.05) is 52.3 Å². The molecule has 0 bridgehead atoms. The predicted molar refractivity (Wildman–Crippen MR) is 118 cm³/mol. The normalized spacial score (nSPS) is 23.4. The van der Waals surface area contributed by atoms with Crippen molar-refractivity contribution in [3.63, 3.8) is 0 Å². The molecule has 1 saturated carbocycles. The molecule has 0 radical (unpaired) electrons. The van der Waals surface area contributed by atoms with Gasteiger partial charge in [-0.05, 0) is 42.0 Å². The molecule has 3 aliphatic rings. The lowest BCUT2D eigenvalue weighted by atomic mass is 10.1. The number of benzene rings is 2. The van der Waals surface area contributed by atoms with E-state index in [-0.39, 0.29) is 23.7 Å². The highest BCUT2D eigenvalue weighted by molar-refractivity contribution is 6.31. The highest BCUT2D eigenvalue weighted by Crippen LogP contribution is 2.50. The van der Waals surface area contributed by atoms with Gasteiger partial charge < -0.3 is 9.80 Å². The first-order valence-corrected chi connectivity index (χ1v) is 11.1. The zero-order valence-electron chi connectivity index (χ0n) is 17.0. The third-order valence-corrected chi connectivity index (χ3v) is 6.99. The zero-order valence-corrected chi connectivity index (χ0v) is 17.7. The first-order chi connectivity index (χ1) is 14.6. The summed E-state index contributed by atoms with van der Waals surface area (Å²) in [6.07, 6.45) is 1.81. The quantitative estimate of drug-likeness (QED) is 0.758. The minimum Gasteiger partial charge on any atom is -0.340 e. The Hall–Kier alpha value is -2.37. The molecule has 2 unspecified atom stereocenters. The molecule has 2 heterocycles. The Labute approximate surface area is 182 Å². The van der Waals surface area contributed by atoms with E-state index in [0.717, 1.165) is 48.7 Å². The van der Waals surface area contributed by atoms with Crippen LogP contribution in [-0.4, -0.2) is 60.9 Å². The maximum Gasteiger partial charge on any atom is 0.241 e. The smallest absolute Gasteiger partial charge is 0.241 e. The number of hydrogen-bond acceptors (Lipinski definition) is 3. The maximum absolute atomic E-state index is 12.9. The van der Waals surface area contributed by atoms with Crippen molar-refractivity contribution in [3.8, 4) is 0 Å². The summed E-state index contributed by atoms with van der Waals surface area (Å²) in [5.41, 5.74) is 3.39. The Morgan fingerprint density at radius 2 is 1.67 bits per heavy atom. The first kappa shape index (κ1) is 19.6. The summed E-state index contributed by atoms with van der Waals surface area (Å²) in [6.45, 7) is 4.06. The van der Waals surface area contributed by atoms with Crippen LogP contribution in [-0.2, 0) is 16.0 Å². The topological polar surface area (TPSA) is 43.9 Å². The lowest BCUT2D eigenvalue weighted by Gasteiger charge is -2.35. The van der Waals surface area contributed by atoms with Gasteiger partial charge in [-0.1, -0.05) is 48.0 Å². The highest BCUT2D eigenvalue weighted by Gasteiger charge is 2.46. The summed E-state index contributed by atoms with van der Waals surface area (Å²) in [5, 5.41) is 0.754. The molecule has 2 fully saturated rings. The average Bonchev–Trinajstić information content (AvgIpc) is 3.44. The van der Waals surface area contributed by atoms with Crippen molar-refractivity contribution in [1.82, 2.24) is 9.80 Å². The molecule has 0 N–H and O–H groups in total. The van der Waals surface area contributed by atoms with Gasteiger partial charge in [0.25, 0.3) is 0 Å². The van der Waals surface area contributed by atoms with E-state index >= 15 is 0 Å². The van der Waals surface area contributed by atoms with Gasteiger partial charge in [-0.15, -0.1) is 0 Å². The van der Waals surface area contributed by atoms with Gasteiger partial charge in [-0.2, -0.15) is 0 Å². The number of piperazine rings is 1. The Bertz CT molecular complexity index is 970. The maximum atomic E-state index is 12.9. The molecule has 1 aliphatic carbocycles. The monoisotopic (exact) mass is 423 g/mol. The Morgan fingerprint density at radius 3 is 2.47 bits per heavy atom. The van der Waals surface area contributed by atoms with Crippen LogP contribution in [0.3, 0.4) is 0 Å². The number of carbonyl (C=O) groups excluding carboxylic acids is 2. The van der Waals surface area contributed by atoms with Crippen molar-refractivity contribution >= 4 is 29.1 Å². The second-order valence-electron chi connectivity index (χ2n) is 8.50. The van der Waals surface area contributed by atoms with E-state index in [2.05, 4.69) is 11.0 Å². The zero-order chi connectivity index (χ0) is 20.7. The molecule has 156 valence electrons. The van der Waals surface area contributed by atoms with E-state index in [0.29, 0.717) is 19.6 Å². The third-order valence-electron chi connectivity index (χ3n) is 6.64. The molecule has 2 atom stereocenters. The molecule has 2 aliphatic heterocycles. The molecule has 0 spiro atoms. The van der Waals surface area contributed by atoms with Crippen molar-refractivity contribution in [3.05, 3.63) is 64.7 Å². The van der Waals surface area contributed by atoms with Crippen LogP contribution in [0, 0.1) is 5.92 Å². The average molecular weight is 424 g/mol. The number of halogens is 1. The standard InChI is InChI=1S/C24H26ClN3O2/c25-21-7-3-2-6-18(21)19-15-20(19)24(30)27-13-11-26(12-14-27)16-23(29)28-10-9-17-5-1-4-8-22(17)28/h1-8,19-20H,9-16H2. The van der Waals surface area contributed by atoms with Crippen molar-refractivity contribution in [2.24, 2.45) is 5.92 Å². The summed E-state index contributed by atoms with van der Waals surface area (Å²) in [6, 6.07) is 16.0. The van der Waals surface area contributed by atoms with Crippen LogP contribution in [0.2, 0.25) is 5.02 Å². The van der Waals surface area contributed by atoms with Gasteiger partial charge in [0, 0.05) is 49.4 Å². The molecule has 0 aromatic heterocycles. The molecule has 1 saturated heterocycles. The lowest BCUT2D eigenvalue weighted by Crippen LogP contribution is -2.52. The van der Waals surface area contributed by atoms with Crippen LogP contribution >= 0.6 is 11.6 Å². The van der Waals surface area contributed by atoms with Crippen molar-refractivity contribution in [1.29, 1.82) is 0 Å². The fraction of sp³-hybridized carbons (Fsp3) is 0.417. The van der Waals surface area contributed by atoms with E-state index in [1.54, 1.807) is 0 Å². The molecular weight excluding hydrogens is 398 g/mol. The summed E-state index contributed by atoms with van der Waals surface area (Å²) in [7, 11) is 0. The Morgan fingerprint density at radius 1 is 0.933 bits per heavy atom. The summed E-state index contributed by atoms with van der Waals surface area (Å²) >= 11 is 6.30. The molecule has 6 heteroatoms. The first-order valence-electron chi connectivity index (χ1n) is 10.8. The lowest BCUT2D eigenvalue weighted by molar-refractivity contribution is -0.134. The van der Waals surface area contributed by atoms with Crippen molar-refractivity contribution in [2.75, 3.05) is 44.2 Å². The van der Waals surface area contributed by atoms with E-state index in [4.69, 9.17) is 11.6 Å². The molecular formula is C24H26ClN3O2. The minimum atomic E-state index is 0.0548. The molecule has 2 aromatic rings. The SMILES string of the molecule is O=C(C1CC1c1ccccc1Cl)N1CCN(CC(=O)N2CCc3ccccc32)CC1. The number of hydrogen-bond donors (Lipinski definition) is 0. The summed E-state index contributed by atoms with van der Waals surface area (Å²) in [4.78, 5) is 31.8. The molecule has 5 rings (SSSR count). The van der Waals surface area contributed by atoms with Gasteiger partial charge in [0.05, 0.1) is 6.54 Å².